The van der Waals surface area contributed by atoms with E-state index in [9.17, 15) is 10.2 Å². The normalized spacial score (nSPS) is 10.4. The molecule has 3 rings (SSSR count). The summed E-state index contributed by atoms with van der Waals surface area (Å²) in [5.41, 5.74) is 0.760. The fourth-order valence-electron chi connectivity index (χ4n) is 1.60. The van der Waals surface area contributed by atoms with Crippen molar-refractivity contribution in [3.05, 3.63) is 36.9 Å². The molecule has 98 valence electrons. The second-order valence-corrected chi connectivity index (χ2v) is 3.83. The average Bonchev–Trinajstić information content (AvgIpc) is 2.49. The van der Waals surface area contributed by atoms with Gasteiger partial charge in [0.1, 0.15) is 11.5 Å². The maximum Gasteiger partial charge on any atom is 0.207 e. The number of aromatic nitrogens is 6. The van der Waals surface area contributed by atoms with Crippen LogP contribution in [0, 0.1) is 0 Å². The van der Waals surface area contributed by atoms with Gasteiger partial charge in [0.05, 0.1) is 23.5 Å². The molecule has 0 aliphatic carbocycles. The third-order valence-electron chi connectivity index (χ3n) is 2.56. The lowest BCUT2D eigenvalue weighted by Gasteiger charge is -2.03. The van der Waals surface area contributed by atoms with Crippen LogP contribution >= 0.6 is 0 Å². The molecule has 0 aromatic carbocycles. The molecule has 8 heteroatoms. The molecule has 0 atom stereocenters. The predicted octanol–water partition coefficient (Wildman–Crippen LogP) is 0.802. The zero-order valence-electron chi connectivity index (χ0n) is 10.0. The van der Waals surface area contributed by atoms with Crippen molar-refractivity contribution in [2.75, 3.05) is 0 Å². The second-order valence-electron chi connectivity index (χ2n) is 3.83. The van der Waals surface area contributed by atoms with Crippen LogP contribution in [0.3, 0.4) is 0 Å². The molecule has 0 aliphatic rings. The van der Waals surface area contributed by atoms with Crippen molar-refractivity contribution in [1.29, 1.82) is 0 Å². The molecule has 3 aromatic rings. The first-order chi connectivity index (χ1) is 9.75. The van der Waals surface area contributed by atoms with E-state index < -0.39 is 0 Å². The molecule has 0 saturated heterocycles. The predicted molar refractivity (Wildman–Crippen MR) is 67.4 cm³/mol. The van der Waals surface area contributed by atoms with Crippen molar-refractivity contribution in [2.24, 2.45) is 0 Å². The topological polar surface area (TPSA) is 118 Å². The van der Waals surface area contributed by atoms with Gasteiger partial charge in [-0.15, -0.1) is 20.4 Å². The Kier molecular flexibility index (Phi) is 2.88. The Morgan fingerprint density at radius 1 is 0.650 bits per heavy atom. The summed E-state index contributed by atoms with van der Waals surface area (Å²) in [6.45, 7) is 0. The van der Waals surface area contributed by atoms with Gasteiger partial charge in [-0.05, 0) is 12.1 Å². The summed E-state index contributed by atoms with van der Waals surface area (Å²) in [4.78, 5) is 7.52. The van der Waals surface area contributed by atoms with E-state index in [4.69, 9.17) is 0 Å². The van der Waals surface area contributed by atoms with Crippen LogP contribution in [0.5, 0.6) is 11.5 Å². The molecule has 0 spiro atoms. The largest absolute Gasteiger partial charge is 0.506 e. The van der Waals surface area contributed by atoms with Crippen molar-refractivity contribution in [2.45, 2.75) is 0 Å². The fraction of sp³-hybridized carbons (Fsp3) is 0. The van der Waals surface area contributed by atoms with Crippen LogP contribution in [-0.4, -0.2) is 40.6 Å². The van der Waals surface area contributed by atoms with Crippen LogP contribution in [0.2, 0.25) is 0 Å². The zero-order valence-corrected chi connectivity index (χ0v) is 10.0. The highest BCUT2D eigenvalue weighted by molar-refractivity contribution is 5.64. The SMILES string of the molecule is Oc1cnccc1-c1nnc(-c2ccncc2O)nn1. The van der Waals surface area contributed by atoms with Crippen LogP contribution < -0.4 is 0 Å². The van der Waals surface area contributed by atoms with Crippen molar-refractivity contribution < 1.29 is 10.2 Å². The molecule has 3 heterocycles. The van der Waals surface area contributed by atoms with Crippen LogP contribution in [0.25, 0.3) is 22.8 Å². The maximum absolute atomic E-state index is 9.65. The lowest BCUT2D eigenvalue weighted by Crippen LogP contribution is -1.99. The molecule has 3 aromatic heterocycles. The molecular weight excluding hydrogens is 260 g/mol. The van der Waals surface area contributed by atoms with E-state index in [1.165, 1.54) is 24.8 Å². The standard InChI is InChI=1S/C12H8N6O2/c19-9-5-13-3-1-7(9)11-15-17-12(18-16-11)8-2-4-14-6-10(8)20/h1-6,19-20H. The quantitative estimate of drug-likeness (QED) is 0.700. The van der Waals surface area contributed by atoms with Gasteiger partial charge in [-0.25, -0.2) is 0 Å². The molecule has 20 heavy (non-hydrogen) atoms. The van der Waals surface area contributed by atoms with Crippen LogP contribution in [0.1, 0.15) is 0 Å². The monoisotopic (exact) mass is 268 g/mol. The number of hydrogen-bond acceptors (Lipinski definition) is 8. The van der Waals surface area contributed by atoms with Gasteiger partial charge in [-0.1, -0.05) is 0 Å². The Balaban J connectivity index is 2.01. The van der Waals surface area contributed by atoms with Crippen LogP contribution in [0.15, 0.2) is 36.9 Å². The van der Waals surface area contributed by atoms with E-state index in [1.54, 1.807) is 12.1 Å². The molecule has 0 aliphatic heterocycles. The van der Waals surface area contributed by atoms with Crippen molar-refractivity contribution in [1.82, 2.24) is 30.4 Å². The first kappa shape index (κ1) is 11.9. The molecule has 2 N–H and O–H groups in total. The number of hydrogen-bond donors (Lipinski definition) is 2. The van der Waals surface area contributed by atoms with Crippen LogP contribution in [-0.2, 0) is 0 Å². The van der Waals surface area contributed by atoms with Gasteiger partial charge >= 0.3 is 0 Å². The highest BCUT2D eigenvalue weighted by Gasteiger charge is 2.12. The summed E-state index contributed by atoms with van der Waals surface area (Å²) >= 11 is 0. The maximum atomic E-state index is 9.65. The van der Waals surface area contributed by atoms with E-state index in [2.05, 4.69) is 30.4 Å². The molecule has 0 saturated carbocycles. The first-order valence-corrected chi connectivity index (χ1v) is 5.60. The van der Waals surface area contributed by atoms with Gasteiger partial charge in [-0.3, -0.25) is 9.97 Å². The summed E-state index contributed by atoms with van der Waals surface area (Å²) in [7, 11) is 0. The Bertz CT molecular complexity index is 682. The van der Waals surface area contributed by atoms with Crippen LogP contribution in [0.4, 0.5) is 0 Å². The first-order valence-electron chi connectivity index (χ1n) is 5.60. The molecule has 8 nitrogen and oxygen atoms in total. The van der Waals surface area contributed by atoms with E-state index in [1.807, 2.05) is 0 Å². The Labute approximate surface area is 112 Å². The van der Waals surface area contributed by atoms with Crippen molar-refractivity contribution in [3.8, 4) is 34.3 Å². The van der Waals surface area contributed by atoms with Crippen molar-refractivity contribution >= 4 is 0 Å². The van der Waals surface area contributed by atoms with Gasteiger partial charge in [0.15, 0.2) is 0 Å². The summed E-state index contributed by atoms with van der Waals surface area (Å²) in [5, 5.41) is 34.8. The summed E-state index contributed by atoms with van der Waals surface area (Å²) in [6.07, 6.45) is 5.56. The second kappa shape index (κ2) is 4.84. The van der Waals surface area contributed by atoms with E-state index >= 15 is 0 Å². The molecule has 0 unspecified atom stereocenters. The van der Waals surface area contributed by atoms with E-state index in [0.717, 1.165) is 0 Å². The average molecular weight is 268 g/mol. The summed E-state index contributed by atoms with van der Waals surface area (Å²) in [6, 6.07) is 3.11. The molecule has 0 bridgehead atoms. The zero-order chi connectivity index (χ0) is 13.9. The minimum atomic E-state index is -0.0596. The lowest BCUT2D eigenvalue weighted by atomic mass is 10.2. The Hall–Kier alpha value is -3.16. The fourth-order valence-corrected chi connectivity index (χ4v) is 1.60. The number of aromatic hydroxyl groups is 2. The summed E-state index contributed by atoms with van der Waals surface area (Å²) < 4.78 is 0. The number of rotatable bonds is 2. The molecule has 0 radical (unpaired) electrons. The van der Waals surface area contributed by atoms with E-state index in [-0.39, 0.29) is 23.1 Å². The number of nitrogens with zero attached hydrogens (tertiary/aromatic N) is 6. The molecule has 0 amide bonds. The van der Waals surface area contributed by atoms with Gasteiger partial charge in [-0.2, -0.15) is 0 Å². The third kappa shape index (κ3) is 2.09. The minimum absolute atomic E-state index is 0.0596. The van der Waals surface area contributed by atoms with E-state index in [0.29, 0.717) is 11.1 Å². The molecule has 0 fully saturated rings. The lowest BCUT2D eigenvalue weighted by molar-refractivity contribution is 0.472. The highest BCUT2D eigenvalue weighted by Crippen LogP contribution is 2.26. The van der Waals surface area contributed by atoms with Gasteiger partial charge < -0.3 is 10.2 Å². The highest BCUT2D eigenvalue weighted by atomic mass is 16.3. The summed E-state index contributed by atoms with van der Waals surface area (Å²) in [5.74, 6) is 0.218. The van der Waals surface area contributed by atoms with Gasteiger partial charge in [0.2, 0.25) is 11.6 Å². The number of pyridine rings is 2. The minimum Gasteiger partial charge on any atom is -0.506 e. The molecular formula is C12H8N6O2. The third-order valence-corrected chi connectivity index (χ3v) is 2.56. The Morgan fingerprint density at radius 2 is 1.05 bits per heavy atom. The van der Waals surface area contributed by atoms with Gasteiger partial charge in [0, 0.05) is 12.4 Å². The van der Waals surface area contributed by atoms with Crippen molar-refractivity contribution in [3.63, 3.8) is 0 Å². The van der Waals surface area contributed by atoms with Gasteiger partial charge in [0.25, 0.3) is 0 Å². The Morgan fingerprint density at radius 3 is 1.40 bits per heavy atom. The smallest absolute Gasteiger partial charge is 0.207 e.